The summed E-state index contributed by atoms with van der Waals surface area (Å²) in [5.74, 6) is -0.295. The molecule has 8 nitrogen and oxygen atoms in total. The van der Waals surface area contributed by atoms with Crippen LogP contribution in [0.25, 0.3) is 0 Å². The van der Waals surface area contributed by atoms with Crippen LogP contribution in [-0.2, 0) is 0 Å². The van der Waals surface area contributed by atoms with Crippen LogP contribution in [0.3, 0.4) is 0 Å². The number of carbonyl (C=O) groups excluding carboxylic acids is 3. The third-order valence-electron chi connectivity index (χ3n) is 6.24. The number of hydrogen-bond donors (Lipinski definition) is 2. The Morgan fingerprint density at radius 2 is 1.53 bits per heavy atom. The minimum atomic E-state index is -0.295. The molecule has 4 amide bonds. The van der Waals surface area contributed by atoms with Gasteiger partial charge in [-0.2, -0.15) is 0 Å². The smallest absolute Gasteiger partial charge is 0.317 e. The number of amides is 4. The van der Waals surface area contributed by atoms with Crippen LogP contribution < -0.4 is 15.5 Å². The average molecular weight is 494 g/mol. The zero-order valence-electron chi connectivity index (χ0n) is 22.4. The van der Waals surface area contributed by atoms with Crippen LogP contribution in [0.2, 0.25) is 0 Å². The monoisotopic (exact) mass is 493 g/mol. The highest BCUT2D eigenvalue weighted by Gasteiger charge is 2.27. The molecule has 2 aromatic rings. The predicted molar refractivity (Wildman–Crippen MR) is 145 cm³/mol. The Hall–Kier alpha value is -3.55. The van der Waals surface area contributed by atoms with E-state index in [0.717, 1.165) is 11.3 Å². The number of aryl methyl sites for hydroxylation is 1. The summed E-state index contributed by atoms with van der Waals surface area (Å²) < 4.78 is 0. The van der Waals surface area contributed by atoms with Crippen molar-refractivity contribution in [2.75, 3.05) is 49.5 Å². The highest BCUT2D eigenvalue weighted by molar-refractivity contribution is 6.06. The van der Waals surface area contributed by atoms with Crippen molar-refractivity contribution in [3.63, 3.8) is 0 Å². The van der Waals surface area contributed by atoms with Gasteiger partial charge in [0.05, 0.1) is 5.56 Å². The fraction of sp³-hybridized carbons (Fsp3) is 0.464. The van der Waals surface area contributed by atoms with E-state index in [1.165, 1.54) is 0 Å². The Balaban J connectivity index is 1.82. The number of piperazine rings is 1. The van der Waals surface area contributed by atoms with E-state index in [-0.39, 0.29) is 23.4 Å². The van der Waals surface area contributed by atoms with Crippen molar-refractivity contribution in [2.45, 2.75) is 47.1 Å². The molecule has 0 unspecified atom stereocenters. The summed E-state index contributed by atoms with van der Waals surface area (Å²) in [5.41, 5.74) is 3.29. The SMILES string of the molecule is CCN(CC)C(=O)c1cc(NC(=O)c2ccc(C)cc2)ccc1N1CCN(C(=O)NC(C)(C)C)CC1. The molecule has 1 fully saturated rings. The first kappa shape index (κ1) is 27.0. The van der Waals surface area contributed by atoms with Crippen LogP contribution in [0, 0.1) is 6.92 Å². The average Bonchev–Trinajstić information content (AvgIpc) is 2.84. The standard InChI is InChI=1S/C28H39N5O3/c1-7-31(8-2)26(35)23-19-22(29-25(34)21-11-9-20(3)10-12-21)13-14-24(23)32-15-17-33(18-16-32)27(36)30-28(4,5)6/h9-14,19H,7-8,15-18H2,1-6H3,(H,29,34)(H,30,36). The summed E-state index contributed by atoms with van der Waals surface area (Å²) in [6, 6.07) is 12.8. The Morgan fingerprint density at radius 1 is 0.917 bits per heavy atom. The molecule has 1 aliphatic rings. The first-order valence-corrected chi connectivity index (χ1v) is 12.7. The van der Waals surface area contributed by atoms with E-state index in [4.69, 9.17) is 0 Å². The molecule has 1 heterocycles. The zero-order valence-corrected chi connectivity index (χ0v) is 22.4. The molecule has 0 atom stereocenters. The molecule has 0 spiro atoms. The second kappa shape index (κ2) is 11.5. The summed E-state index contributed by atoms with van der Waals surface area (Å²) >= 11 is 0. The fourth-order valence-corrected chi connectivity index (χ4v) is 4.20. The van der Waals surface area contributed by atoms with Crippen molar-refractivity contribution in [3.8, 4) is 0 Å². The fourth-order valence-electron chi connectivity index (χ4n) is 4.20. The lowest BCUT2D eigenvalue weighted by atomic mass is 10.1. The van der Waals surface area contributed by atoms with Gasteiger partial charge in [-0.3, -0.25) is 9.59 Å². The number of hydrogen-bond acceptors (Lipinski definition) is 4. The van der Waals surface area contributed by atoms with E-state index in [1.54, 1.807) is 23.1 Å². The third-order valence-corrected chi connectivity index (χ3v) is 6.24. The molecule has 2 aromatic carbocycles. The molecule has 2 N–H and O–H groups in total. The van der Waals surface area contributed by atoms with Gasteiger partial charge in [0.2, 0.25) is 0 Å². The lowest BCUT2D eigenvalue weighted by molar-refractivity contribution is 0.0773. The van der Waals surface area contributed by atoms with E-state index in [1.807, 2.05) is 70.7 Å². The number of benzene rings is 2. The molecular formula is C28H39N5O3. The van der Waals surface area contributed by atoms with E-state index in [2.05, 4.69) is 15.5 Å². The molecule has 0 radical (unpaired) electrons. The van der Waals surface area contributed by atoms with Gasteiger partial charge in [-0.25, -0.2) is 4.79 Å². The Morgan fingerprint density at radius 3 is 2.08 bits per heavy atom. The second-order valence-corrected chi connectivity index (χ2v) is 10.2. The first-order valence-electron chi connectivity index (χ1n) is 12.7. The number of carbonyl (C=O) groups is 3. The molecule has 0 aromatic heterocycles. The number of anilines is 2. The minimum absolute atomic E-state index is 0.0734. The molecule has 0 aliphatic carbocycles. The molecule has 1 aliphatic heterocycles. The van der Waals surface area contributed by atoms with Crippen molar-refractivity contribution in [2.24, 2.45) is 0 Å². The van der Waals surface area contributed by atoms with Gasteiger partial charge in [-0.15, -0.1) is 0 Å². The van der Waals surface area contributed by atoms with Crippen LogP contribution in [0.4, 0.5) is 16.2 Å². The normalized spacial score (nSPS) is 13.8. The lowest BCUT2D eigenvalue weighted by Gasteiger charge is -2.38. The molecule has 194 valence electrons. The Labute approximate surface area is 214 Å². The van der Waals surface area contributed by atoms with Gasteiger partial charge >= 0.3 is 6.03 Å². The summed E-state index contributed by atoms with van der Waals surface area (Å²) in [4.78, 5) is 44.5. The Kier molecular flexibility index (Phi) is 8.61. The van der Waals surface area contributed by atoms with Gasteiger partial charge in [0, 0.05) is 61.7 Å². The van der Waals surface area contributed by atoms with E-state index in [0.29, 0.717) is 56.1 Å². The highest BCUT2D eigenvalue weighted by atomic mass is 16.2. The van der Waals surface area contributed by atoms with Gasteiger partial charge in [0.25, 0.3) is 11.8 Å². The Bertz CT molecular complexity index is 1080. The summed E-state index contributed by atoms with van der Waals surface area (Å²) in [5, 5.41) is 5.95. The summed E-state index contributed by atoms with van der Waals surface area (Å²) in [7, 11) is 0. The maximum absolute atomic E-state index is 13.5. The third kappa shape index (κ3) is 6.77. The minimum Gasteiger partial charge on any atom is -0.367 e. The van der Waals surface area contributed by atoms with Crippen molar-refractivity contribution in [3.05, 3.63) is 59.2 Å². The number of nitrogens with zero attached hydrogens (tertiary/aromatic N) is 3. The quantitative estimate of drug-likeness (QED) is 0.626. The molecule has 3 rings (SSSR count). The summed E-state index contributed by atoms with van der Waals surface area (Å²) in [6.07, 6.45) is 0. The topological polar surface area (TPSA) is 85.0 Å². The van der Waals surface area contributed by atoms with Gasteiger partial charge in [-0.05, 0) is 71.9 Å². The van der Waals surface area contributed by atoms with Gasteiger partial charge < -0.3 is 25.3 Å². The largest absolute Gasteiger partial charge is 0.367 e. The number of nitrogens with one attached hydrogen (secondary N) is 2. The predicted octanol–water partition coefficient (Wildman–Crippen LogP) is 4.36. The van der Waals surface area contributed by atoms with Crippen LogP contribution >= 0.6 is 0 Å². The van der Waals surface area contributed by atoms with Gasteiger partial charge in [0.15, 0.2) is 0 Å². The first-order chi connectivity index (χ1) is 17.0. The van der Waals surface area contributed by atoms with E-state index < -0.39 is 0 Å². The van der Waals surface area contributed by atoms with Crippen LogP contribution in [0.5, 0.6) is 0 Å². The van der Waals surface area contributed by atoms with Crippen LogP contribution in [0.15, 0.2) is 42.5 Å². The zero-order chi connectivity index (χ0) is 26.5. The molecule has 0 bridgehead atoms. The van der Waals surface area contributed by atoms with Crippen molar-refractivity contribution in [1.82, 2.24) is 15.1 Å². The molecular weight excluding hydrogens is 454 g/mol. The van der Waals surface area contributed by atoms with Crippen molar-refractivity contribution >= 4 is 29.2 Å². The maximum Gasteiger partial charge on any atom is 0.317 e. The lowest BCUT2D eigenvalue weighted by Crippen LogP contribution is -2.55. The van der Waals surface area contributed by atoms with Gasteiger partial charge in [-0.1, -0.05) is 17.7 Å². The van der Waals surface area contributed by atoms with E-state index >= 15 is 0 Å². The van der Waals surface area contributed by atoms with Crippen LogP contribution in [-0.4, -0.2) is 72.5 Å². The molecule has 1 saturated heterocycles. The molecule has 0 saturated carbocycles. The highest BCUT2D eigenvalue weighted by Crippen LogP contribution is 2.27. The second-order valence-electron chi connectivity index (χ2n) is 10.2. The van der Waals surface area contributed by atoms with Crippen molar-refractivity contribution < 1.29 is 14.4 Å². The molecule has 36 heavy (non-hydrogen) atoms. The van der Waals surface area contributed by atoms with Gasteiger partial charge in [0.1, 0.15) is 0 Å². The van der Waals surface area contributed by atoms with Crippen molar-refractivity contribution in [1.29, 1.82) is 0 Å². The number of urea groups is 1. The van der Waals surface area contributed by atoms with Crippen LogP contribution in [0.1, 0.15) is 60.9 Å². The number of rotatable bonds is 6. The molecule has 8 heteroatoms. The van der Waals surface area contributed by atoms with E-state index in [9.17, 15) is 14.4 Å². The summed E-state index contributed by atoms with van der Waals surface area (Å²) in [6.45, 7) is 15.3. The maximum atomic E-state index is 13.5.